The van der Waals surface area contributed by atoms with E-state index >= 15 is 0 Å². The molecule has 0 saturated carbocycles. The Bertz CT molecular complexity index is 1170. The molecule has 0 unspecified atom stereocenters. The summed E-state index contributed by atoms with van der Waals surface area (Å²) in [6, 6.07) is 8.35. The number of nitrogens with zero attached hydrogens (tertiary/aromatic N) is 2. The molecule has 9 heteroatoms. The summed E-state index contributed by atoms with van der Waals surface area (Å²) in [4.78, 5) is 41.2. The van der Waals surface area contributed by atoms with Gasteiger partial charge in [0.1, 0.15) is 11.4 Å². The van der Waals surface area contributed by atoms with E-state index in [1.165, 1.54) is 36.2 Å². The molecule has 1 N–H and O–H groups in total. The van der Waals surface area contributed by atoms with Crippen LogP contribution in [0.2, 0.25) is 0 Å². The highest BCUT2D eigenvalue weighted by Crippen LogP contribution is 2.17. The maximum atomic E-state index is 14.1. The number of aryl methyl sites for hydroxylation is 1. The molecule has 0 aliphatic carbocycles. The van der Waals surface area contributed by atoms with E-state index in [0.717, 1.165) is 13.2 Å². The van der Waals surface area contributed by atoms with Crippen LogP contribution < -0.4 is 15.6 Å². The second-order valence-corrected chi connectivity index (χ2v) is 6.25. The zero-order valence-electron chi connectivity index (χ0n) is 16.4. The Kier molecular flexibility index (Phi) is 5.91. The number of carbonyl (C=O) groups excluding carboxylic acids is 2. The largest absolute Gasteiger partial charge is 0.481 e. The summed E-state index contributed by atoms with van der Waals surface area (Å²) in [5, 5.41) is 2.48. The highest BCUT2D eigenvalue weighted by Gasteiger charge is 2.18. The van der Waals surface area contributed by atoms with Crippen molar-refractivity contribution in [1.29, 1.82) is 0 Å². The molecule has 2 heterocycles. The molecule has 0 fully saturated rings. The number of hydrogen-bond acceptors (Lipinski definition) is 6. The fourth-order valence-corrected chi connectivity index (χ4v) is 2.80. The van der Waals surface area contributed by atoms with Gasteiger partial charge in [0.15, 0.2) is 0 Å². The van der Waals surface area contributed by atoms with Crippen molar-refractivity contribution in [2.75, 3.05) is 19.5 Å². The molecule has 2 aromatic heterocycles. The van der Waals surface area contributed by atoms with E-state index in [2.05, 4.69) is 15.0 Å². The first-order valence-electron chi connectivity index (χ1n) is 8.77. The number of rotatable bonds is 5. The van der Waals surface area contributed by atoms with Crippen molar-refractivity contribution in [3.8, 4) is 11.6 Å². The van der Waals surface area contributed by atoms with Crippen molar-refractivity contribution in [2.24, 2.45) is 0 Å². The summed E-state index contributed by atoms with van der Waals surface area (Å²) in [5.41, 5.74) is 0.0494. The molecule has 154 valence electrons. The van der Waals surface area contributed by atoms with Crippen molar-refractivity contribution >= 4 is 17.6 Å². The molecule has 0 radical (unpaired) electrons. The van der Waals surface area contributed by atoms with Crippen molar-refractivity contribution in [2.45, 2.75) is 6.92 Å². The number of benzene rings is 1. The molecule has 30 heavy (non-hydrogen) atoms. The van der Waals surface area contributed by atoms with Crippen LogP contribution in [0, 0.1) is 12.7 Å². The Morgan fingerprint density at radius 3 is 2.50 bits per heavy atom. The molecule has 0 saturated heterocycles. The third kappa shape index (κ3) is 4.04. The third-order valence-corrected chi connectivity index (χ3v) is 4.37. The summed E-state index contributed by atoms with van der Waals surface area (Å²) in [6.07, 6.45) is 2.97. The fraction of sp³-hybridized carbons (Fsp3) is 0.143. The first-order chi connectivity index (χ1) is 14.3. The van der Waals surface area contributed by atoms with Crippen LogP contribution in [-0.2, 0) is 4.74 Å². The number of ether oxygens (including phenoxy) is 2. The number of amides is 1. The second-order valence-electron chi connectivity index (χ2n) is 6.25. The lowest BCUT2D eigenvalue weighted by molar-refractivity contribution is 0.0595. The Morgan fingerprint density at radius 1 is 1.13 bits per heavy atom. The maximum Gasteiger partial charge on any atom is 0.340 e. The van der Waals surface area contributed by atoms with Crippen LogP contribution in [0.4, 0.5) is 10.1 Å². The van der Waals surface area contributed by atoms with Gasteiger partial charge in [-0.05, 0) is 42.8 Å². The van der Waals surface area contributed by atoms with Crippen LogP contribution in [0.5, 0.6) is 5.88 Å². The molecule has 0 atom stereocenters. The minimum atomic E-state index is -0.855. The molecule has 3 rings (SSSR count). The van der Waals surface area contributed by atoms with Crippen LogP contribution in [0.25, 0.3) is 5.69 Å². The van der Waals surface area contributed by atoms with E-state index in [9.17, 15) is 18.8 Å². The lowest BCUT2D eigenvalue weighted by Gasteiger charge is -2.12. The average molecular weight is 411 g/mol. The molecular weight excluding hydrogens is 393 g/mol. The first-order valence-corrected chi connectivity index (χ1v) is 8.77. The van der Waals surface area contributed by atoms with Crippen LogP contribution in [0.3, 0.4) is 0 Å². The van der Waals surface area contributed by atoms with Gasteiger partial charge < -0.3 is 14.8 Å². The molecule has 8 nitrogen and oxygen atoms in total. The maximum absolute atomic E-state index is 14.1. The number of methoxy groups -OCH3 is 2. The summed E-state index contributed by atoms with van der Waals surface area (Å²) < 4.78 is 24.9. The lowest BCUT2D eigenvalue weighted by Crippen LogP contribution is -2.29. The number of aromatic nitrogens is 2. The van der Waals surface area contributed by atoms with E-state index in [0.29, 0.717) is 17.1 Å². The predicted molar refractivity (Wildman–Crippen MR) is 107 cm³/mol. The van der Waals surface area contributed by atoms with Crippen LogP contribution in [0.15, 0.2) is 53.6 Å². The molecule has 0 bridgehead atoms. The number of pyridine rings is 2. The lowest BCUT2D eigenvalue weighted by atomic mass is 10.1. The number of carbonyl (C=O) groups is 2. The monoisotopic (exact) mass is 411 g/mol. The summed E-state index contributed by atoms with van der Waals surface area (Å²) in [5.74, 6) is -2.01. The molecule has 0 aliphatic rings. The average Bonchev–Trinajstić information content (AvgIpc) is 2.73. The topological polar surface area (TPSA) is 99.5 Å². The third-order valence-electron chi connectivity index (χ3n) is 4.37. The standard InChI is InChI=1S/C21H18FN3O5/c1-12-8-9-25(14-5-7-17(29-2)23-11-14)20(27)18(12)19(26)24-13-4-6-15(16(22)10-13)21(28)30-3/h4-11H,1-3H3,(H,24,26). The summed E-state index contributed by atoms with van der Waals surface area (Å²) in [7, 11) is 2.61. The normalized spacial score (nSPS) is 10.4. The Morgan fingerprint density at radius 2 is 1.90 bits per heavy atom. The van der Waals surface area contributed by atoms with Crippen molar-refractivity contribution in [1.82, 2.24) is 9.55 Å². The first kappa shape index (κ1) is 20.7. The van der Waals surface area contributed by atoms with Gasteiger partial charge >= 0.3 is 5.97 Å². The zero-order valence-corrected chi connectivity index (χ0v) is 16.4. The Balaban J connectivity index is 1.93. The van der Waals surface area contributed by atoms with Gasteiger partial charge in [-0.25, -0.2) is 14.2 Å². The molecule has 1 amide bonds. The van der Waals surface area contributed by atoms with Gasteiger partial charge in [-0.1, -0.05) is 0 Å². The highest BCUT2D eigenvalue weighted by atomic mass is 19.1. The van der Waals surface area contributed by atoms with Gasteiger partial charge in [-0.2, -0.15) is 0 Å². The fourth-order valence-electron chi connectivity index (χ4n) is 2.80. The van der Waals surface area contributed by atoms with Gasteiger partial charge in [0.2, 0.25) is 5.88 Å². The predicted octanol–water partition coefficient (Wildman–Crippen LogP) is 2.73. The molecule has 0 aliphatic heterocycles. The van der Waals surface area contributed by atoms with Crippen LogP contribution >= 0.6 is 0 Å². The van der Waals surface area contributed by atoms with Crippen molar-refractivity contribution < 1.29 is 23.5 Å². The van der Waals surface area contributed by atoms with E-state index < -0.39 is 23.3 Å². The van der Waals surface area contributed by atoms with Crippen molar-refractivity contribution in [3.63, 3.8) is 0 Å². The second kappa shape index (κ2) is 8.56. The Hall–Kier alpha value is -4.01. The van der Waals surface area contributed by atoms with Crippen LogP contribution in [-0.4, -0.2) is 35.6 Å². The molecule has 0 spiro atoms. The SMILES string of the molecule is COC(=O)c1ccc(NC(=O)c2c(C)ccn(-c3ccc(OC)nc3)c2=O)cc1F. The van der Waals surface area contributed by atoms with E-state index in [-0.39, 0.29) is 16.8 Å². The van der Waals surface area contributed by atoms with Gasteiger partial charge in [-0.15, -0.1) is 0 Å². The smallest absolute Gasteiger partial charge is 0.340 e. The van der Waals surface area contributed by atoms with Gasteiger partial charge in [-0.3, -0.25) is 14.2 Å². The number of nitrogens with one attached hydrogen (secondary N) is 1. The minimum Gasteiger partial charge on any atom is -0.481 e. The van der Waals surface area contributed by atoms with Crippen molar-refractivity contribution in [3.05, 3.63) is 81.7 Å². The van der Waals surface area contributed by atoms with E-state index in [1.807, 2.05) is 0 Å². The number of esters is 1. The number of hydrogen-bond donors (Lipinski definition) is 1. The summed E-state index contributed by atoms with van der Waals surface area (Å²) >= 11 is 0. The zero-order chi connectivity index (χ0) is 21.8. The minimum absolute atomic E-state index is 0.0884. The molecule has 1 aromatic carbocycles. The molecule has 3 aromatic rings. The molecular formula is C21H18FN3O5. The summed E-state index contributed by atoms with van der Waals surface area (Å²) in [6.45, 7) is 1.62. The van der Waals surface area contributed by atoms with Gasteiger partial charge in [0.25, 0.3) is 11.5 Å². The van der Waals surface area contributed by atoms with Gasteiger partial charge in [0.05, 0.1) is 31.7 Å². The van der Waals surface area contributed by atoms with Gasteiger partial charge in [0, 0.05) is 18.0 Å². The Labute approximate surface area is 170 Å². The van der Waals surface area contributed by atoms with E-state index in [1.54, 1.807) is 25.1 Å². The quantitative estimate of drug-likeness (QED) is 0.648. The number of halogens is 1. The van der Waals surface area contributed by atoms with Crippen LogP contribution in [0.1, 0.15) is 26.3 Å². The number of anilines is 1. The van der Waals surface area contributed by atoms with E-state index in [4.69, 9.17) is 4.74 Å². The highest BCUT2D eigenvalue weighted by molar-refractivity contribution is 6.05.